The molecule has 5 nitrogen and oxygen atoms in total. The van der Waals surface area contributed by atoms with E-state index in [9.17, 15) is 9.00 Å². The number of nitrogens with one attached hydrogen (secondary N) is 1. The van der Waals surface area contributed by atoms with Crippen LogP contribution in [0.5, 0.6) is 0 Å². The molecule has 1 heterocycles. The van der Waals surface area contributed by atoms with Gasteiger partial charge in [-0.2, -0.15) is 0 Å². The number of carbonyl (C=O) groups is 1. The topological polar surface area (TPSA) is 79.3 Å². The van der Waals surface area contributed by atoms with Crippen molar-refractivity contribution in [1.82, 2.24) is 4.98 Å². The molecule has 1 atom stereocenters. The summed E-state index contributed by atoms with van der Waals surface area (Å²) < 4.78 is 10.8. The van der Waals surface area contributed by atoms with Crippen LogP contribution in [0.1, 0.15) is 10.4 Å². The second kappa shape index (κ2) is 5.81. The molecule has 1 aromatic heterocycles. The second-order valence-electron chi connectivity index (χ2n) is 3.07. The molecule has 0 bridgehead atoms. The summed E-state index contributed by atoms with van der Waals surface area (Å²) >= 11 is 5.66. The minimum absolute atomic E-state index is 0.0696. The van der Waals surface area contributed by atoms with E-state index in [-0.39, 0.29) is 10.7 Å². The van der Waals surface area contributed by atoms with Crippen molar-refractivity contribution >= 4 is 34.2 Å². The van der Waals surface area contributed by atoms with E-state index < -0.39 is 16.8 Å². The number of carboxylic acid groups (broad SMARTS) is 1. The van der Waals surface area contributed by atoms with Crippen molar-refractivity contribution in [2.75, 3.05) is 23.9 Å². The molecule has 0 saturated carbocycles. The molecule has 0 aliphatic rings. The minimum atomic E-state index is -1.06. The summed E-state index contributed by atoms with van der Waals surface area (Å²) in [4.78, 5) is 14.6. The molecule has 1 unspecified atom stereocenters. The number of hydrogen-bond donors (Lipinski definition) is 2. The monoisotopic (exact) mass is 262 g/mol. The van der Waals surface area contributed by atoms with Crippen molar-refractivity contribution in [1.29, 1.82) is 0 Å². The molecule has 0 aliphatic heterocycles. The number of halogens is 1. The fourth-order valence-electron chi connectivity index (χ4n) is 1.03. The lowest BCUT2D eigenvalue weighted by Gasteiger charge is -2.05. The average Bonchev–Trinajstić information content (AvgIpc) is 2.16. The highest BCUT2D eigenvalue weighted by molar-refractivity contribution is 7.84. The van der Waals surface area contributed by atoms with Crippen LogP contribution in [0.3, 0.4) is 0 Å². The van der Waals surface area contributed by atoms with E-state index in [1.54, 1.807) is 6.26 Å². The number of hydrogen-bond acceptors (Lipinski definition) is 4. The molecule has 0 saturated heterocycles. The van der Waals surface area contributed by atoms with Crippen LogP contribution >= 0.6 is 11.6 Å². The van der Waals surface area contributed by atoms with Gasteiger partial charge in [0.1, 0.15) is 11.0 Å². The fourth-order valence-corrected chi connectivity index (χ4v) is 1.63. The Labute approximate surface area is 100 Å². The SMILES string of the molecule is CS(=O)CCNc1cc(C(=O)O)cc(Cl)n1. The van der Waals surface area contributed by atoms with Gasteiger partial charge in [-0.25, -0.2) is 9.78 Å². The van der Waals surface area contributed by atoms with E-state index in [4.69, 9.17) is 16.7 Å². The number of rotatable bonds is 5. The molecule has 0 aromatic carbocycles. The highest BCUT2D eigenvalue weighted by atomic mass is 35.5. The van der Waals surface area contributed by atoms with Crippen molar-refractivity contribution in [2.45, 2.75) is 0 Å². The first-order valence-electron chi connectivity index (χ1n) is 4.44. The molecule has 0 spiro atoms. The van der Waals surface area contributed by atoms with Crippen LogP contribution in [0.25, 0.3) is 0 Å². The van der Waals surface area contributed by atoms with Crippen molar-refractivity contribution in [3.05, 3.63) is 22.8 Å². The van der Waals surface area contributed by atoms with Gasteiger partial charge in [-0.1, -0.05) is 11.6 Å². The zero-order valence-electron chi connectivity index (χ0n) is 8.57. The molecule has 0 radical (unpaired) electrons. The van der Waals surface area contributed by atoms with Gasteiger partial charge in [-0.05, 0) is 12.1 Å². The largest absolute Gasteiger partial charge is 0.478 e. The quantitative estimate of drug-likeness (QED) is 0.780. The summed E-state index contributed by atoms with van der Waals surface area (Å²) in [5.74, 6) is -0.224. The van der Waals surface area contributed by atoms with Crippen LogP contribution < -0.4 is 5.32 Å². The first kappa shape index (κ1) is 12.9. The summed E-state index contributed by atoms with van der Waals surface area (Å²) in [5.41, 5.74) is 0.0696. The van der Waals surface area contributed by atoms with Crippen molar-refractivity contribution in [2.24, 2.45) is 0 Å². The van der Waals surface area contributed by atoms with Crippen molar-refractivity contribution in [3.63, 3.8) is 0 Å². The third-order valence-electron chi connectivity index (χ3n) is 1.74. The van der Waals surface area contributed by atoms with Gasteiger partial charge in [0.05, 0.1) is 5.56 Å². The van der Waals surface area contributed by atoms with E-state index in [1.807, 2.05) is 0 Å². The third kappa shape index (κ3) is 4.16. The Morgan fingerprint density at radius 1 is 1.62 bits per heavy atom. The van der Waals surface area contributed by atoms with E-state index in [1.165, 1.54) is 12.1 Å². The summed E-state index contributed by atoms with van der Waals surface area (Å²) in [6, 6.07) is 2.65. The minimum Gasteiger partial charge on any atom is -0.478 e. The van der Waals surface area contributed by atoms with Crippen LogP contribution in [0.2, 0.25) is 5.15 Å². The second-order valence-corrected chi connectivity index (χ2v) is 5.01. The number of aromatic nitrogens is 1. The maximum Gasteiger partial charge on any atom is 0.335 e. The highest BCUT2D eigenvalue weighted by Crippen LogP contribution is 2.14. The molecule has 0 aliphatic carbocycles. The molecular weight excluding hydrogens is 252 g/mol. The maximum atomic E-state index is 10.8. The number of anilines is 1. The van der Waals surface area contributed by atoms with E-state index in [0.29, 0.717) is 18.1 Å². The zero-order chi connectivity index (χ0) is 12.1. The molecule has 1 aromatic rings. The lowest BCUT2D eigenvalue weighted by molar-refractivity contribution is 0.0697. The Hall–Kier alpha value is -1.14. The summed E-state index contributed by atoms with van der Waals surface area (Å²) in [5, 5.41) is 11.8. The average molecular weight is 263 g/mol. The summed E-state index contributed by atoms with van der Waals surface area (Å²) in [6.45, 7) is 0.454. The molecule has 0 amide bonds. The predicted molar refractivity (Wildman–Crippen MR) is 63.6 cm³/mol. The van der Waals surface area contributed by atoms with Crippen LogP contribution in [0.15, 0.2) is 12.1 Å². The van der Waals surface area contributed by atoms with E-state index in [0.717, 1.165) is 0 Å². The standard InChI is InChI=1S/C9H11ClN2O3S/c1-16(15)3-2-11-8-5-6(9(13)14)4-7(10)12-8/h4-5H,2-3H2,1H3,(H,11,12)(H,13,14). The molecular formula is C9H11ClN2O3S. The van der Waals surface area contributed by atoms with Gasteiger partial charge >= 0.3 is 5.97 Å². The van der Waals surface area contributed by atoms with Gasteiger partial charge in [0.25, 0.3) is 0 Å². The van der Waals surface area contributed by atoms with Gasteiger partial charge in [-0.3, -0.25) is 4.21 Å². The van der Waals surface area contributed by atoms with Crippen molar-refractivity contribution in [3.8, 4) is 0 Å². The van der Waals surface area contributed by atoms with E-state index >= 15 is 0 Å². The van der Waals surface area contributed by atoms with Gasteiger partial charge in [0.15, 0.2) is 0 Å². The zero-order valence-corrected chi connectivity index (χ0v) is 10.1. The molecule has 1 rings (SSSR count). The molecule has 7 heteroatoms. The Morgan fingerprint density at radius 3 is 2.88 bits per heavy atom. The van der Waals surface area contributed by atoms with Gasteiger partial charge in [0.2, 0.25) is 0 Å². The van der Waals surface area contributed by atoms with E-state index in [2.05, 4.69) is 10.3 Å². The maximum absolute atomic E-state index is 10.8. The highest BCUT2D eigenvalue weighted by Gasteiger charge is 2.07. The van der Waals surface area contributed by atoms with Crippen LogP contribution in [-0.2, 0) is 10.8 Å². The van der Waals surface area contributed by atoms with Crippen LogP contribution in [-0.4, -0.2) is 38.8 Å². The Balaban J connectivity index is 2.72. The smallest absolute Gasteiger partial charge is 0.335 e. The van der Waals surface area contributed by atoms with Gasteiger partial charge < -0.3 is 10.4 Å². The molecule has 88 valence electrons. The van der Waals surface area contributed by atoms with Crippen LogP contribution in [0.4, 0.5) is 5.82 Å². The number of aromatic carboxylic acids is 1. The normalized spacial score (nSPS) is 12.1. The number of carboxylic acids is 1. The third-order valence-corrected chi connectivity index (χ3v) is 2.71. The first-order chi connectivity index (χ1) is 7.49. The molecule has 2 N–H and O–H groups in total. The number of nitrogens with zero attached hydrogens (tertiary/aromatic N) is 1. The Kier molecular flexibility index (Phi) is 4.70. The first-order valence-corrected chi connectivity index (χ1v) is 6.54. The fraction of sp³-hybridized carbons (Fsp3) is 0.333. The van der Waals surface area contributed by atoms with Gasteiger partial charge in [0, 0.05) is 29.4 Å². The number of pyridine rings is 1. The van der Waals surface area contributed by atoms with Crippen LogP contribution in [0, 0.1) is 0 Å². The Bertz CT molecular complexity index is 425. The predicted octanol–water partition coefficient (Wildman–Crippen LogP) is 1.22. The van der Waals surface area contributed by atoms with Gasteiger partial charge in [-0.15, -0.1) is 0 Å². The van der Waals surface area contributed by atoms with Crippen molar-refractivity contribution < 1.29 is 14.1 Å². The summed E-state index contributed by atoms with van der Waals surface area (Å²) in [7, 11) is -0.898. The summed E-state index contributed by atoms with van der Waals surface area (Å²) in [6.07, 6.45) is 1.59. The Morgan fingerprint density at radius 2 is 2.31 bits per heavy atom. The lowest BCUT2D eigenvalue weighted by atomic mass is 10.2. The lowest BCUT2D eigenvalue weighted by Crippen LogP contribution is -2.11. The molecule has 16 heavy (non-hydrogen) atoms. The molecule has 0 fully saturated rings.